The van der Waals surface area contributed by atoms with Gasteiger partial charge in [-0.3, -0.25) is 9.59 Å². The van der Waals surface area contributed by atoms with Crippen molar-refractivity contribution in [3.05, 3.63) is 58.9 Å². The smallest absolute Gasteiger partial charge is 0.272 e. The number of hydrogen-bond acceptors (Lipinski definition) is 4. The predicted molar refractivity (Wildman–Crippen MR) is 123 cm³/mol. The van der Waals surface area contributed by atoms with E-state index in [1.807, 2.05) is 42.5 Å². The molecule has 0 radical (unpaired) electrons. The summed E-state index contributed by atoms with van der Waals surface area (Å²) in [5.74, 6) is 0.00209. The fourth-order valence-electron chi connectivity index (χ4n) is 3.30. The van der Waals surface area contributed by atoms with Crippen LogP contribution in [0.4, 0.5) is 5.69 Å². The van der Waals surface area contributed by atoms with Gasteiger partial charge in [0.25, 0.3) is 5.56 Å². The number of unbranched alkanes of at least 4 members (excludes halogenated alkanes) is 1. The molecular weight excluding hydrogens is 376 g/mol. The summed E-state index contributed by atoms with van der Waals surface area (Å²) >= 11 is 0. The number of hydrogen-bond donors (Lipinski definition) is 3. The first kappa shape index (κ1) is 21.7. The SMILES string of the molecule is CC(C)(C)CNCCCCC(=O)Nc1cccc(-c2n[nH]c(=O)c3ccccc23)c1. The van der Waals surface area contributed by atoms with Gasteiger partial charge in [0.15, 0.2) is 0 Å². The maximum Gasteiger partial charge on any atom is 0.272 e. The Hall–Kier alpha value is -2.99. The van der Waals surface area contributed by atoms with Crippen LogP contribution in [0.25, 0.3) is 22.0 Å². The number of aromatic amines is 1. The number of carbonyl (C=O) groups is 1. The van der Waals surface area contributed by atoms with Crippen molar-refractivity contribution in [2.24, 2.45) is 5.41 Å². The Labute approximate surface area is 177 Å². The first-order valence-corrected chi connectivity index (χ1v) is 10.4. The van der Waals surface area contributed by atoms with E-state index in [0.717, 1.165) is 42.6 Å². The van der Waals surface area contributed by atoms with Crippen molar-refractivity contribution in [2.45, 2.75) is 40.0 Å². The van der Waals surface area contributed by atoms with E-state index in [-0.39, 0.29) is 16.9 Å². The minimum Gasteiger partial charge on any atom is -0.326 e. The van der Waals surface area contributed by atoms with Crippen LogP contribution in [0.15, 0.2) is 53.3 Å². The Morgan fingerprint density at radius 2 is 1.80 bits per heavy atom. The number of nitrogens with one attached hydrogen (secondary N) is 3. The summed E-state index contributed by atoms with van der Waals surface area (Å²) < 4.78 is 0. The first-order chi connectivity index (χ1) is 14.3. The molecule has 0 unspecified atom stereocenters. The molecule has 0 bridgehead atoms. The van der Waals surface area contributed by atoms with Crippen molar-refractivity contribution < 1.29 is 4.79 Å². The van der Waals surface area contributed by atoms with Crippen LogP contribution in [0, 0.1) is 5.41 Å². The number of aromatic nitrogens is 2. The van der Waals surface area contributed by atoms with Crippen molar-refractivity contribution >= 4 is 22.4 Å². The molecule has 0 spiro atoms. The van der Waals surface area contributed by atoms with Crippen LogP contribution in [-0.2, 0) is 4.79 Å². The van der Waals surface area contributed by atoms with Gasteiger partial charge < -0.3 is 10.6 Å². The third kappa shape index (κ3) is 6.00. The molecule has 0 aliphatic rings. The molecule has 30 heavy (non-hydrogen) atoms. The molecular formula is C24H30N4O2. The number of amides is 1. The third-order valence-corrected chi connectivity index (χ3v) is 4.78. The average Bonchev–Trinajstić information content (AvgIpc) is 2.70. The summed E-state index contributed by atoms with van der Waals surface area (Å²) in [5, 5.41) is 14.6. The normalized spacial score (nSPS) is 11.6. The molecule has 158 valence electrons. The van der Waals surface area contributed by atoms with E-state index in [9.17, 15) is 9.59 Å². The zero-order valence-corrected chi connectivity index (χ0v) is 17.9. The van der Waals surface area contributed by atoms with E-state index < -0.39 is 0 Å². The van der Waals surface area contributed by atoms with Crippen LogP contribution in [0.1, 0.15) is 40.0 Å². The highest BCUT2D eigenvalue weighted by Crippen LogP contribution is 2.26. The number of anilines is 1. The minimum absolute atomic E-state index is 0.00209. The minimum atomic E-state index is -0.212. The standard InChI is InChI=1S/C24H30N4O2/c1-24(2,3)16-25-14-7-6-13-21(29)26-18-10-8-9-17(15-18)22-19-11-4-5-12-20(19)23(30)28-27-22/h4-5,8-12,15,25H,6-7,13-14,16H2,1-3H3,(H,26,29)(H,28,30). The lowest BCUT2D eigenvalue weighted by Gasteiger charge is -2.18. The Balaban J connectivity index is 1.60. The second kappa shape index (κ2) is 9.67. The quantitative estimate of drug-likeness (QED) is 0.486. The van der Waals surface area contributed by atoms with Crippen LogP contribution >= 0.6 is 0 Å². The molecule has 0 fully saturated rings. The van der Waals surface area contributed by atoms with E-state index in [0.29, 0.717) is 17.5 Å². The zero-order valence-electron chi connectivity index (χ0n) is 17.9. The largest absolute Gasteiger partial charge is 0.326 e. The molecule has 0 aliphatic carbocycles. The van der Waals surface area contributed by atoms with E-state index in [4.69, 9.17) is 0 Å². The second-order valence-electron chi connectivity index (χ2n) is 8.77. The molecule has 6 heteroatoms. The molecule has 0 atom stereocenters. The van der Waals surface area contributed by atoms with Crippen LogP contribution in [0.3, 0.4) is 0 Å². The van der Waals surface area contributed by atoms with Gasteiger partial charge in [-0.25, -0.2) is 5.10 Å². The highest BCUT2D eigenvalue weighted by Gasteiger charge is 2.10. The third-order valence-electron chi connectivity index (χ3n) is 4.78. The molecule has 3 rings (SSSR count). The number of H-pyrrole nitrogens is 1. The number of carbonyl (C=O) groups excluding carboxylic acids is 1. The van der Waals surface area contributed by atoms with Crippen molar-refractivity contribution in [1.82, 2.24) is 15.5 Å². The molecule has 1 heterocycles. The molecule has 3 N–H and O–H groups in total. The second-order valence-corrected chi connectivity index (χ2v) is 8.77. The van der Waals surface area contributed by atoms with Crippen LogP contribution in [0.2, 0.25) is 0 Å². The van der Waals surface area contributed by atoms with Gasteiger partial charge in [-0.1, -0.05) is 51.1 Å². The molecule has 0 saturated heterocycles. The van der Waals surface area contributed by atoms with Gasteiger partial charge in [-0.2, -0.15) is 5.10 Å². The first-order valence-electron chi connectivity index (χ1n) is 10.4. The summed E-state index contributed by atoms with van der Waals surface area (Å²) in [7, 11) is 0. The highest BCUT2D eigenvalue weighted by molar-refractivity contribution is 5.95. The number of nitrogens with zero attached hydrogens (tertiary/aromatic N) is 1. The van der Waals surface area contributed by atoms with Gasteiger partial charge in [-0.05, 0) is 49.5 Å². The van der Waals surface area contributed by atoms with Crippen molar-refractivity contribution in [3.8, 4) is 11.3 Å². The van der Waals surface area contributed by atoms with Gasteiger partial charge in [0.1, 0.15) is 0 Å². The Kier molecular flexibility index (Phi) is 7.00. The summed E-state index contributed by atoms with van der Waals surface area (Å²) in [6, 6.07) is 14.9. The van der Waals surface area contributed by atoms with Crippen molar-refractivity contribution in [3.63, 3.8) is 0 Å². The lowest BCUT2D eigenvalue weighted by atomic mass is 9.97. The summed E-state index contributed by atoms with van der Waals surface area (Å²) in [5.41, 5.74) is 2.31. The van der Waals surface area contributed by atoms with Gasteiger partial charge in [0.2, 0.25) is 5.91 Å². The summed E-state index contributed by atoms with van der Waals surface area (Å²) in [6.45, 7) is 8.50. The molecule has 0 saturated carbocycles. The van der Waals surface area contributed by atoms with Crippen molar-refractivity contribution in [2.75, 3.05) is 18.4 Å². The lowest BCUT2D eigenvalue weighted by molar-refractivity contribution is -0.116. The Morgan fingerprint density at radius 3 is 2.57 bits per heavy atom. The summed E-state index contributed by atoms with van der Waals surface area (Å²) in [6.07, 6.45) is 2.30. The average molecular weight is 407 g/mol. The van der Waals surface area contributed by atoms with E-state index in [1.165, 1.54) is 0 Å². The Morgan fingerprint density at radius 1 is 1.03 bits per heavy atom. The number of fused-ring (bicyclic) bond motifs is 1. The van der Waals surface area contributed by atoms with Gasteiger partial charge >= 0.3 is 0 Å². The van der Waals surface area contributed by atoms with E-state index >= 15 is 0 Å². The van der Waals surface area contributed by atoms with Gasteiger partial charge in [0.05, 0.1) is 11.1 Å². The molecule has 3 aromatic rings. The monoisotopic (exact) mass is 406 g/mol. The highest BCUT2D eigenvalue weighted by atomic mass is 16.1. The van der Waals surface area contributed by atoms with Crippen LogP contribution < -0.4 is 16.2 Å². The van der Waals surface area contributed by atoms with E-state index in [1.54, 1.807) is 6.07 Å². The topological polar surface area (TPSA) is 86.9 Å². The van der Waals surface area contributed by atoms with Crippen molar-refractivity contribution in [1.29, 1.82) is 0 Å². The molecule has 1 aromatic heterocycles. The molecule has 6 nitrogen and oxygen atoms in total. The number of benzene rings is 2. The lowest BCUT2D eigenvalue weighted by Crippen LogP contribution is -2.27. The molecule has 2 aromatic carbocycles. The maximum absolute atomic E-state index is 12.3. The summed E-state index contributed by atoms with van der Waals surface area (Å²) in [4.78, 5) is 24.3. The zero-order chi connectivity index (χ0) is 21.6. The van der Waals surface area contributed by atoms with E-state index in [2.05, 4.69) is 41.6 Å². The fraction of sp³-hybridized carbons (Fsp3) is 0.375. The van der Waals surface area contributed by atoms with Gasteiger partial charge in [-0.15, -0.1) is 0 Å². The Bertz CT molecular complexity index is 1070. The van der Waals surface area contributed by atoms with Crippen LogP contribution in [0.5, 0.6) is 0 Å². The fourth-order valence-corrected chi connectivity index (χ4v) is 3.30. The van der Waals surface area contributed by atoms with Crippen LogP contribution in [-0.4, -0.2) is 29.2 Å². The molecule has 1 amide bonds. The maximum atomic E-state index is 12.3. The van der Waals surface area contributed by atoms with Gasteiger partial charge in [0, 0.05) is 23.1 Å². The predicted octanol–water partition coefficient (Wildman–Crippen LogP) is 4.33. The molecule has 0 aliphatic heterocycles. The number of rotatable bonds is 8.